The van der Waals surface area contributed by atoms with Crippen molar-refractivity contribution in [3.63, 3.8) is 0 Å². The number of nitrogens with zero attached hydrogens (tertiary/aromatic N) is 1. The molecule has 1 aromatic heterocycles. The molecule has 1 atom stereocenters. The molecule has 0 spiro atoms. The summed E-state index contributed by atoms with van der Waals surface area (Å²) in [4.78, 5) is 24.7. The molecular formula is C22H24N2O4S. The average molecular weight is 413 g/mol. The van der Waals surface area contributed by atoms with Gasteiger partial charge in [0.25, 0.3) is 0 Å². The molecule has 1 aromatic carbocycles. The highest BCUT2D eigenvalue weighted by Gasteiger charge is 2.26. The maximum absolute atomic E-state index is 12.7. The first-order valence-corrected chi connectivity index (χ1v) is 10.8. The van der Waals surface area contributed by atoms with E-state index in [1.807, 2.05) is 30.0 Å². The fraction of sp³-hybridized carbons (Fsp3) is 0.455. The van der Waals surface area contributed by atoms with Gasteiger partial charge in [0, 0.05) is 27.7 Å². The summed E-state index contributed by atoms with van der Waals surface area (Å²) in [5.41, 5.74) is 1.32. The number of furan rings is 1. The molecule has 7 heteroatoms. The Labute approximate surface area is 174 Å². The van der Waals surface area contributed by atoms with Gasteiger partial charge in [-0.05, 0) is 25.8 Å². The van der Waals surface area contributed by atoms with Crippen molar-refractivity contribution in [2.24, 2.45) is 5.92 Å². The second-order valence-corrected chi connectivity index (χ2v) is 8.55. The lowest BCUT2D eigenvalue weighted by Gasteiger charge is -2.20. The molecule has 0 bridgehead atoms. The van der Waals surface area contributed by atoms with Crippen molar-refractivity contribution >= 4 is 40.2 Å². The Hall–Kier alpha value is -2.59. The summed E-state index contributed by atoms with van der Waals surface area (Å²) in [5, 5.41) is 17.9. The molecule has 1 fully saturated rings. The number of carbonyl (C=O) groups excluding carboxylic acids is 2. The van der Waals surface area contributed by atoms with E-state index in [2.05, 4.69) is 0 Å². The monoisotopic (exact) mass is 412 g/mol. The Balaban J connectivity index is 1.75. The Bertz CT molecular complexity index is 953. The maximum atomic E-state index is 12.7. The van der Waals surface area contributed by atoms with Crippen LogP contribution in [0.15, 0.2) is 28.7 Å². The zero-order valence-electron chi connectivity index (χ0n) is 16.4. The summed E-state index contributed by atoms with van der Waals surface area (Å²) in [6, 6.07) is 9.22. The number of nitrogens with one attached hydrogen (secondary N) is 1. The summed E-state index contributed by atoms with van der Waals surface area (Å²) in [7, 11) is 0. The van der Waals surface area contributed by atoms with E-state index in [1.54, 1.807) is 12.1 Å². The fourth-order valence-corrected chi connectivity index (χ4v) is 4.89. The molecule has 1 unspecified atom stereocenters. The quantitative estimate of drug-likeness (QED) is 0.488. The van der Waals surface area contributed by atoms with Crippen molar-refractivity contribution in [3.05, 3.63) is 35.6 Å². The second-order valence-electron chi connectivity index (χ2n) is 7.26. The third-order valence-electron chi connectivity index (χ3n) is 5.13. The van der Waals surface area contributed by atoms with Crippen LogP contribution < -0.4 is 0 Å². The molecule has 6 nitrogen and oxygen atoms in total. The van der Waals surface area contributed by atoms with E-state index in [9.17, 15) is 9.59 Å². The summed E-state index contributed by atoms with van der Waals surface area (Å²) in [6.45, 7) is 0.826. The normalized spacial score (nSPS) is 15.6. The van der Waals surface area contributed by atoms with E-state index in [4.69, 9.17) is 19.8 Å². The van der Waals surface area contributed by atoms with Crippen LogP contribution in [-0.2, 0) is 15.3 Å². The molecule has 1 N–H and O–H groups in total. The minimum absolute atomic E-state index is 0.0677. The zero-order valence-corrected chi connectivity index (χ0v) is 17.2. The number of para-hydroxylation sites is 1. The molecular weight excluding hydrogens is 388 g/mol. The summed E-state index contributed by atoms with van der Waals surface area (Å²) >= 11 is 1.83. The third-order valence-corrected chi connectivity index (χ3v) is 6.53. The number of benzene rings is 1. The Morgan fingerprint density at radius 2 is 2.03 bits per heavy atom. The molecule has 152 valence electrons. The molecule has 1 aliphatic carbocycles. The average Bonchev–Trinajstić information content (AvgIpc) is 3.10. The van der Waals surface area contributed by atoms with Crippen LogP contribution in [0.3, 0.4) is 0 Å². The topological polar surface area (TPSA) is 104 Å². The Morgan fingerprint density at radius 3 is 2.72 bits per heavy atom. The van der Waals surface area contributed by atoms with Crippen LogP contribution in [-0.4, -0.2) is 29.3 Å². The number of thioether (sulfide) groups is 1. The highest BCUT2D eigenvalue weighted by atomic mass is 32.2. The Morgan fingerprint density at radius 1 is 1.31 bits per heavy atom. The van der Waals surface area contributed by atoms with Crippen molar-refractivity contribution in [1.29, 1.82) is 10.7 Å². The molecule has 0 amide bonds. The number of ether oxygens (including phenoxy) is 1. The lowest BCUT2D eigenvalue weighted by atomic mass is 10.0. The second kappa shape index (κ2) is 9.75. The number of carbonyl (C=O) groups is 2. The number of rotatable bonds is 8. The van der Waals surface area contributed by atoms with Gasteiger partial charge in [0.1, 0.15) is 11.5 Å². The first-order chi connectivity index (χ1) is 14.0. The van der Waals surface area contributed by atoms with Crippen molar-refractivity contribution in [3.8, 4) is 6.07 Å². The highest BCUT2D eigenvalue weighted by molar-refractivity contribution is 7.99. The van der Waals surface area contributed by atoms with Gasteiger partial charge in [-0.3, -0.25) is 4.79 Å². The van der Waals surface area contributed by atoms with E-state index in [0.29, 0.717) is 16.6 Å². The SMILES string of the molecule is CC(=N)C(C#N)C(=O)COC(=O)c1oc2ccccc2c1CSC1CCCCC1. The molecule has 1 saturated carbocycles. The van der Waals surface area contributed by atoms with Crippen LogP contribution in [0.4, 0.5) is 0 Å². The van der Waals surface area contributed by atoms with Crippen molar-refractivity contribution in [2.75, 3.05) is 6.61 Å². The van der Waals surface area contributed by atoms with Gasteiger partial charge in [-0.15, -0.1) is 0 Å². The molecule has 0 saturated heterocycles. The summed E-state index contributed by atoms with van der Waals surface area (Å²) < 4.78 is 10.9. The van der Waals surface area contributed by atoms with Gasteiger partial charge >= 0.3 is 5.97 Å². The predicted octanol–water partition coefficient (Wildman–Crippen LogP) is 4.90. The van der Waals surface area contributed by atoms with Crippen molar-refractivity contribution in [2.45, 2.75) is 50.0 Å². The van der Waals surface area contributed by atoms with Gasteiger partial charge < -0.3 is 14.6 Å². The standard InChI is InChI=1S/C22H24N2O4S/c1-14(24)17(11-23)19(25)12-27-22(26)21-18(13-29-15-7-3-2-4-8-15)16-9-5-6-10-20(16)28-21/h5-6,9-10,15,17,24H,2-4,7-8,12-13H2,1H3. The van der Waals surface area contributed by atoms with Gasteiger partial charge in [-0.25, -0.2) is 4.79 Å². The first-order valence-electron chi connectivity index (χ1n) is 9.77. The number of ketones is 1. The van der Waals surface area contributed by atoms with E-state index in [0.717, 1.165) is 10.9 Å². The van der Waals surface area contributed by atoms with E-state index >= 15 is 0 Å². The molecule has 1 heterocycles. The van der Waals surface area contributed by atoms with Gasteiger partial charge in [0.05, 0.1) is 6.07 Å². The van der Waals surface area contributed by atoms with E-state index < -0.39 is 24.3 Å². The summed E-state index contributed by atoms with van der Waals surface area (Å²) in [5.74, 6) is -1.77. The number of hydrogen-bond acceptors (Lipinski definition) is 7. The van der Waals surface area contributed by atoms with Crippen molar-refractivity contribution in [1.82, 2.24) is 0 Å². The predicted molar refractivity (Wildman–Crippen MR) is 112 cm³/mol. The van der Waals surface area contributed by atoms with Gasteiger partial charge in [0.15, 0.2) is 12.4 Å². The Kier molecular flexibility index (Phi) is 7.10. The molecule has 2 aromatic rings. The highest BCUT2D eigenvalue weighted by Crippen LogP contribution is 2.35. The summed E-state index contributed by atoms with van der Waals surface area (Å²) in [6.07, 6.45) is 6.15. The van der Waals surface area contributed by atoms with Gasteiger partial charge in [-0.2, -0.15) is 17.0 Å². The van der Waals surface area contributed by atoms with Gasteiger partial charge in [-0.1, -0.05) is 37.5 Å². The number of esters is 1. The molecule has 0 radical (unpaired) electrons. The van der Waals surface area contributed by atoms with Crippen molar-refractivity contribution < 1.29 is 18.7 Å². The number of nitriles is 1. The van der Waals surface area contributed by atoms with Crippen LogP contribution >= 0.6 is 11.8 Å². The number of Topliss-reactive ketones (excluding diaryl/α,β-unsaturated/α-hetero) is 1. The van der Waals surface area contributed by atoms with Crippen LogP contribution in [0.5, 0.6) is 0 Å². The zero-order chi connectivity index (χ0) is 20.8. The van der Waals surface area contributed by atoms with Gasteiger partial charge in [0.2, 0.25) is 5.76 Å². The van der Waals surface area contributed by atoms with Crippen LogP contribution in [0.25, 0.3) is 11.0 Å². The van der Waals surface area contributed by atoms with Crippen LogP contribution in [0, 0.1) is 22.7 Å². The van der Waals surface area contributed by atoms with Crippen LogP contribution in [0.1, 0.15) is 55.1 Å². The third kappa shape index (κ3) is 5.07. The maximum Gasteiger partial charge on any atom is 0.375 e. The lowest BCUT2D eigenvalue weighted by Crippen LogP contribution is -2.25. The molecule has 3 rings (SSSR count). The number of hydrogen-bond donors (Lipinski definition) is 1. The van der Waals surface area contributed by atoms with E-state index in [-0.39, 0.29) is 11.5 Å². The number of fused-ring (bicyclic) bond motifs is 1. The van der Waals surface area contributed by atoms with Crippen LogP contribution in [0.2, 0.25) is 0 Å². The first kappa shape index (κ1) is 21.1. The molecule has 29 heavy (non-hydrogen) atoms. The smallest absolute Gasteiger partial charge is 0.375 e. The molecule has 1 aliphatic rings. The largest absolute Gasteiger partial charge is 0.452 e. The van der Waals surface area contributed by atoms with E-state index in [1.165, 1.54) is 39.0 Å². The fourth-order valence-electron chi connectivity index (χ4n) is 3.54. The minimum Gasteiger partial charge on any atom is -0.452 e. The molecule has 0 aliphatic heterocycles. The lowest BCUT2D eigenvalue weighted by molar-refractivity contribution is -0.122. The minimum atomic E-state index is -1.19.